The average molecular weight is 211 g/mol. The molecule has 0 saturated heterocycles. The van der Waals surface area contributed by atoms with Gasteiger partial charge in [0.1, 0.15) is 0 Å². The first-order chi connectivity index (χ1) is 4.69. The molecule has 76 valence electrons. The van der Waals surface area contributed by atoms with Gasteiger partial charge >= 0.3 is 51.4 Å². The monoisotopic (exact) mass is 211 g/mol. The summed E-state index contributed by atoms with van der Waals surface area (Å²) in [6.45, 7) is 13.9. The maximum atomic E-state index is 7.47. The zero-order chi connectivity index (χ0) is 9.28. The third kappa shape index (κ3) is 7.48. The van der Waals surface area contributed by atoms with E-state index in [9.17, 15) is 0 Å². The number of hydrogen-bond acceptors (Lipinski definition) is 0. The summed E-state index contributed by atoms with van der Waals surface area (Å²) in [7, 11) is 0. The van der Waals surface area contributed by atoms with E-state index >= 15 is 0 Å². The van der Waals surface area contributed by atoms with Crippen molar-refractivity contribution in [1.82, 2.24) is 0 Å². The number of nitrogens with one attached hydrogen (secondary N) is 1. The molecule has 13 heavy (non-hydrogen) atoms. The predicted octanol–water partition coefficient (Wildman–Crippen LogP) is 1.47. The van der Waals surface area contributed by atoms with Crippen LogP contribution < -0.4 is 51.4 Å². The van der Waals surface area contributed by atoms with Gasteiger partial charge in [-0.25, -0.2) is 0 Å². The predicted molar refractivity (Wildman–Crippen MR) is 56.9 cm³/mol. The SMILES string of the molecule is CC(C)(C)C(C[NH-])C(C)(C)C.[K+].[NH2-]. The van der Waals surface area contributed by atoms with E-state index in [2.05, 4.69) is 41.5 Å². The number of nitrogens with two attached hydrogens (primary N) is 1. The van der Waals surface area contributed by atoms with Crippen molar-refractivity contribution >= 4 is 0 Å². The molecule has 3 heteroatoms. The maximum Gasteiger partial charge on any atom is 1.00 e. The van der Waals surface area contributed by atoms with Crippen LogP contribution in [0.25, 0.3) is 11.9 Å². The van der Waals surface area contributed by atoms with E-state index in [1.807, 2.05) is 0 Å². The Morgan fingerprint density at radius 2 is 1.15 bits per heavy atom. The summed E-state index contributed by atoms with van der Waals surface area (Å²) in [4.78, 5) is 0. The normalized spacial score (nSPS) is 12.0. The largest absolute Gasteiger partial charge is 1.00 e. The Hall–Kier alpha value is 1.56. The van der Waals surface area contributed by atoms with Gasteiger partial charge in [0.25, 0.3) is 0 Å². The zero-order valence-corrected chi connectivity index (χ0v) is 13.5. The number of hydrogen-bond donors (Lipinski definition) is 0. The van der Waals surface area contributed by atoms with Crippen LogP contribution in [0.2, 0.25) is 0 Å². The van der Waals surface area contributed by atoms with E-state index in [4.69, 9.17) is 5.73 Å². The minimum absolute atomic E-state index is 0. The van der Waals surface area contributed by atoms with Crippen molar-refractivity contribution in [2.24, 2.45) is 16.7 Å². The summed E-state index contributed by atoms with van der Waals surface area (Å²) in [6, 6.07) is 0. The fourth-order valence-corrected chi connectivity index (χ4v) is 1.91. The molecule has 0 bridgehead atoms. The van der Waals surface area contributed by atoms with E-state index in [0.717, 1.165) is 0 Å². The second kappa shape index (κ2) is 6.93. The van der Waals surface area contributed by atoms with Crippen molar-refractivity contribution in [2.75, 3.05) is 6.54 Å². The Labute approximate surface area is 126 Å². The van der Waals surface area contributed by atoms with Gasteiger partial charge in [-0.15, -0.1) is 6.54 Å². The Bertz CT molecular complexity index is 108. The van der Waals surface area contributed by atoms with E-state index in [-0.39, 0.29) is 68.4 Å². The first-order valence-corrected chi connectivity index (χ1v) is 4.34. The smallest absolute Gasteiger partial charge is 0.693 e. The molecule has 0 radical (unpaired) electrons. The Morgan fingerprint density at radius 3 is 1.15 bits per heavy atom. The molecule has 0 fully saturated rings. The van der Waals surface area contributed by atoms with Crippen LogP contribution in [-0.2, 0) is 0 Å². The van der Waals surface area contributed by atoms with Crippen LogP contribution in [0.15, 0.2) is 0 Å². The van der Waals surface area contributed by atoms with Crippen LogP contribution in [0, 0.1) is 16.7 Å². The van der Waals surface area contributed by atoms with Crippen LogP contribution in [0.4, 0.5) is 0 Å². The molecule has 3 N–H and O–H groups in total. The standard InChI is InChI=1S/C10H22N.K.H2N/c1-9(2,3)8(7-11)10(4,5)6;;/h8,11H,7H2,1-6H3;;1H2/q-1;+1;-1. The van der Waals surface area contributed by atoms with Crippen molar-refractivity contribution in [3.05, 3.63) is 11.9 Å². The molecule has 0 aliphatic carbocycles. The number of rotatable bonds is 1. The van der Waals surface area contributed by atoms with Gasteiger partial charge in [0.05, 0.1) is 0 Å². The fraction of sp³-hybridized carbons (Fsp3) is 1.00. The maximum absolute atomic E-state index is 7.47. The topological polar surface area (TPSA) is 57.3 Å². The molecule has 0 saturated carbocycles. The molecule has 0 amide bonds. The van der Waals surface area contributed by atoms with Crippen LogP contribution >= 0.6 is 0 Å². The van der Waals surface area contributed by atoms with E-state index in [0.29, 0.717) is 12.5 Å². The van der Waals surface area contributed by atoms with Gasteiger partial charge in [0, 0.05) is 0 Å². The minimum atomic E-state index is 0. The Balaban J connectivity index is -0.000000500. The second-order valence-electron chi connectivity index (χ2n) is 5.49. The molecular weight excluding hydrogens is 187 g/mol. The molecule has 0 aromatic heterocycles. The summed E-state index contributed by atoms with van der Waals surface area (Å²) in [6.07, 6.45) is 0. The average Bonchev–Trinajstić information content (AvgIpc) is 1.56. The van der Waals surface area contributed by atoms with Crippen molar-refractivity contribution in [3.8, 4) is 0 Å². The van der Waals surface area contributed by atoms with Crippen LogP contribution in [0.1, 0.15) is 41.5 Å². The summed E-state index contributed by atoms with van der Waals surface area (Å²) >= 11 is 0. The van der Waals surface area contributed by atoms with Gasteiger partial charge in [0.15, 0.2) is 0 Å². The van der Waals surface area contributed by atoms with Gasteiger partial charge in [-0.05, 0) is 10.8 Å². The third-order valence-corrected chi connectivity index (χ3v) is 2.29. The van der Waals surface area contributed by atoms with Crippen molar-refractivity contribution in [3.63, 3.8) is 0 Å². The summed E-state index contributed by atoms with van der Waals surface area (Å²) in [5.41, 5.74) is 8.00. The fourth-order valence-electron chi connectivity index (χ4n) is 1.91. The zero-order valence-electron chi connectivity index (χ0n) is 10.4. The van der Waals surface area contributed by atoms with Crippen LogP contribution in [0.5, 0.6) is 0 Å². The van der Waals surface area contributed by atoms with E-state index in [1.54, 1.807) is 0 Å². The molecule has 0 aliphatic heterocycles. The molecule has 0 rings (SSSR count). The van der Waals surface area contributed by atoms with Gasteiger partial charge in [-0.1, -0.05) is 47.5 Å². The summed E-state index contributed by atoms with van der Waals surface area (Å²) in [5.74, 6) is 0.481. The van der Waals surface area contributed by atoms with Crippen molar-refractivity contribution in [1.29, 1.82) is 0 Å². The van der Waals surface area contributed by atoms with Gasteiger partial charge in [-0.3, -0.25) is 0 Å². The van der Waals surface area contributed by atoms with Gasteiger partial charge in [0.2, 0.25) is 0 Å². The first-order valence-electron chi connectivity index (χ1n) is 4.34. The molecule has 0 aromatic rings. The molecule has 2 nitrogen and oxygen atoms in total. The van der Waals surface area contributed by atoms with Crippen molar-refractivity contribution in [2.45, 2.75) is 41.5 Å². The van der Waals surface area contributed by atoms with Gasteiger partial charge < -0.3 is 11.9 Å². The minimum Gasteiger partial charge on any atom is -0.693 e. The van der Waals surface area contributed by atoms with Gasteiger partial charge in [-0.2, -0.15) is 0 Å². The van der Waals surface area contributed by atoms with Crippen LogP contribution in [-0.4, -0.2) is 6.54 Å². The molecule has 0 aliphatic rings. The van der Waals surface area contributed by atoms with E-state index in [1.165, 1.54) is 0 Å². The Morgan fingerprint density at radius 1 is 0.923 bits per heavy atom. The third-order valence-electron chi connectivity index (χ3n) is 2.29. The molecular formula is C10H24KN2-. The van der Waals surface area contributed by atoms with E-state index < -0.39 is 0 Å². The van der Waals surface area contributed by atoms with Crippen molar-refractivity contribution < 1.29 is 51.4 Å². The molecule has 0 aromatic carbocycles. The summed E-state index contributed by atoms with van der Waals surface area (Å²) < 4.78 is 0. The Kier molecular flexibility index (Phi) is 10.7. The molecule has 0 heterocycles. The second-order valence-corrected chi connectivity index (χ2v) is 5.49. The first kappa shape index (κ1) is 20.0. The molecule has 0 unspecified atom stereocenters. The summed E-state index contributed by atoms with van der Waals surface area (Å²) in [5, 5.41) is 0. The molecule has 0 atom stereocenters. The quantitative estimate of drug-likeness (QED) is 0.590. The van der Waals surface area contributed by atoms with Crippen LogP contribution in [0.3, 0.4) is 0 Å². The molecule has 0 spiro atoms.